The van der Waals surface area contributed by atoms with Crippen molar-refractivity contribution in [3.8, 4) is 0 Å². The summed E-state index contributed by atoms with van der Waals surface area (Å²) in [5, 5.41) is 17.1. The Balaban J connectivity index is 3.24. The minimum Gasteiger partial charge on any atom is -0.361 e. The van der Waals surface area contributed by atoms with Crippen molar-refractivity contribution in [2.24, 2.45) is 5.41 Å². The third kappa shape index (κ3) is 3.52. The molecule has 7 heteroatoms. The van der Waals surface area contributed by atoms with Gasteiger partial charge in [-0.3, -0.25) is 10.1 Å². The van der Waals surface area contributed by atoms with E-state index in [9.17, 15) is 10.1 Å². The number of aryl methyl sites for hydroxylation is 1. The highest BCUT2D eigenvalue weighted by Crippen LogP contribution is 2.30. The number of nitrogens with zero attached hydrogens (tertiary/aromatic N) is 3. The SMILES string of the molecule is CNc1nc(C)c([N+](=O)[O-])c(NC(C)C(C)(C)C)n1. The van der Waals surface area contributed by atoms with Crippen molar-refractivity contribution < 1.29 is 4.92 Å². The summed E-state index contributed by atoms with van der Waals surface area (Å²) in [5.74, 6) is 0.621. The van der Waals surface area contributed by atoms with Gasteiger partial charge < -0.3 is 10.6 Å². The van der Waals surface area contributed by atoms with Gasteiger partial charge in [-0.2, -0.15) is 4.98 Å². The molecule has 1 rings (SSSR count). The van der Waals surface area contributed by atoms with Crippen LogP contribution in [0.1, 0.15) is 33.4 Å². The summed E-state index contributed by atoms with van der Waals surface area (Å²) in [5.41, 5.74) is 0.232. The van der Waals surface area contributed by atoms with Crippen molar-refractivity contribution in [1.82, 2.24) is 9.97 Å². The van der Waals surface area contributed by atoms with Crippen LogP contribution in [0.15, 0.2) is 0 Å². The average molecular weight is 267 g/mol. The zero-order valence-electron chi connectivity index (χ0n) is 12.2. The molecule has 1 unspecified atom stereocenters. The first-order valence-electron chi connectivity index (χ1n) is 6.14. The van der Waals surface area contributed by atoms with Gasteiger partial charge in [0.1, 0.15) is 5.69 Å². The lowest BCUT2D eigenvalue weighted by molar-refractivity contribution is -0.385. The van der Waals surface area contributed by atoms with Crippen LogP contribution in [-0.2, 0) is 0 Å². The highest BCUT2D eigenvalue weighted by atomic mass is 16.6. The molecule has 0 fully saturated rings. The Morgan fingerprint density at radius 3 is 2.32 bits per heavy atom. The number of anilines is 2. The second-order valence-electron chi connectivity index (χ2n) is 5.57. The molecule has 0 aromatic carbocycles. The van der Waals surface area contributed by atoms with Crippen LogP contribution in [0.2, 0.25) is 0 Å². The number of aromatic nitrogens is 2. The number of nitrogens with one attached hydrogen (secondary N) is 2. The molecule has 106 valence electrons. The Kier molecular flexibility index (Phi) is 4.28. The maximum atomic E-state index is 11.1. The minimum atomic E-state index is -0.452. The van der Waals surface area contributed by atoms with Crippen LogP contribution in [0.5, 0.6) is 0 Å². The van der Waals surface area contributed by atoms with E-state index in [0.29, 0.717) is 11.6 Å². The van der Waals surface area contributed by atoms with Crippen LogP contribution in [0, 0.1) is 22.5 Å². The molecule has 1 aromatic rings. The van der Waals surface area contributed by atoms with E-state index in [1.165, 1.54) is 0 Å². The Morgan fingerprint density at radius 2 is 1.89 bits per heavy atom. The van der Waals surface area contributed by atoms with E-state index in [2.05, 4.69) is 41.4 Å². The Morgan fingerprint density at radius 1 is 1.32 bits per heavy atom. The first-order chi connectivity index (χ1) is 8.66. The average Bonchev–Trinajstić information content (AvgIpc) is 2.26. The molecule has 19 heavy (non-hydrogen) atoms. The quantitative estimate of drug-likeness (QED) is 0.643. The maximum absolute atomic E-state index is 11.1. The molecule has 0 saturated carbocycles. The summed E-state index contributed by atoms with van der Waals surface area (Å²) in [6.45, 7) is 9.75. The van der Waals surface area contributed by atoms with Gasteiger partial charge >= 0.3 is 5.69 Å². The second-order valence-corrected chi connectivity index (χ2v) is 5.57. The van der Waals surface area contributed by atoms with Crippen LogP contribution in [0.3, 0.4) is 0 Å². The zero-order valence-corrected chi connectivity index (χ0v) is 12.2. The number of rotatable bonds is 4. The van der Waals surface area contributed by atoms with Gasteiger partial charge in [-0.15, -0.1) is 0 Å². The molecule has 1 atom stereocenters. The zero-order chi connectivity index (χ0) is 14.8. The summed E-state index contributed by atoms with van der Waals surface area (Å²) >= 11 is 0. The van der Waals surface area contributed by atoms with Crippen LogP contribution < -0.4 is 10.6 Å². The predicted octanol–water partition coefficient (Wildman–Crippen LogP) is 2.58. The molecule has 2 N–H and O–H groups in total. The lowest BCUT2D eigenvalue weighted by Crippen LogP contribution is -2.31. The molecule has 0 amide bonds. The van der Waals surface area contributed by atoms with Gasteiger partial charge in [-0.1, -0.05) is 20.8 Å². The molecule has 1 heterocycles. The highest BCUT2D eigenvalue weighted by Gasteiger charge is 2.27. The highest BCUT2D eigenvalue weighted by molar-refractivity contribution is 5.61. The van der Waals surface area contributed by atoms with E-state index in [1.807, 2.05) is 6.92 Å². The Labute approximate surface area is 113 Å². The molecule has 0 radical (unpaired) electrons. The summed E-state index contributed by atoms with van der Waals surface area (Å²) in [4.78, 5) is 18.9. The van der Waals surface area contributed by atoms with Crippen molar-refractivity contribution in [2.45, 2.75) is 40.7 Å². The lowest BCUT2D eigenvalue weighted by Gasteiger charge is -2.28. The van der Waals surface area contributed by atoms with Crippen molar-refractivity contribution in [1.29, 1.82) is 0 Å². The topological polar surface area (TPSA) is 93.0 Å². The van der Waals surface area contributed by atoms with Gasteiger partial charge in [-0.25, -0.2) is 4.98 Å². The second kappa shape index (κ2) is 5.38. The molecular weight excluding hydrogens is 246 g/mol. The van der Waals surface area contributed by atoms with Gasteiger partial charge in [-0.05, 0) is 19.3 Å². The van der Waals surface area contributed by atoms with Crippen molar-refractivity contribution in [3.63, 3.8) is 0 Å². The van der Waals surface area contributed by atoms with Crippen LogP contribution in [0.4, 0.5) is 17.5 Å². The predicted molar refractivity (Wildman–Crippen MR) is 75.5 cm³/mol. The Hall–Kier alpha value is -1.92. The normalized spacial score (nSPS) is 12.9. The van der Waals surface area contributed by atoms with E-state index in [0.717, 1.165) is 0 Å². The summed E-state index contributed by atoms with van der Waals surface area (Å²) in [6.07, 6.45) is 0. The number of nitro groups is 1. The van der Waals surface area contributed by atoms with Crippen LogP contribution in [0.25, 0.3) is 0 Å². The van der Waals surface area contributed by atoms with E-state index >= 15 is 0 Å². The van der Waals surface area contributed by atoms with Gasteiger partial charge in [0.15, 0.2) is 0 Å². The summed E-state index contributed by atoms with van der Waals surface area (Å²) < 4.78 is 0. The Bertz CT molecular complexity index is 482. The van der Waals surface area contributed by atoms with Gasteiger partial charge in [0, 0.05) is 13.1 Å². The van der Waals surface area contributed by atoms with E-state index in [1.54, 1.807) is 14.0 Å². The number of hydrogen-bond acceptors (Lipinski definition) is 6. The third-order valence-corrected chi connectivity index (χ3v) is 3.12. The lowest BCUT2D eigenvalue weighted by atomic mass is 9.88. The molecule has 0 aliphatic heterocycles. The molecule has 7 nitrogen and oxygen atoms in total. The van der Waals surface area contributed by atoms with E-state index in [4.69, 9.17) is 0 Å². The van der Waals surface area contributed by atoms with Gasteiger partial charge in [0.2, 0.25) is 11.8 Å². The molecular formula is C12H21N5O2. The van der Waals surface area contributed by atoms with Gasteiger partial charge in [0.05, 0.1) is 4.92 Å². The van der Waals surface area contributed by atoms with Crippen molar-refractivity contribution in [2.75, 3.05) is 17.7 Å². The molecule has 1 aromatic heterocycles. The van der Waals surface area contributed by atoms with Crippen LogP contribution in [-0.4, -0.2) is 28.0 Å². The minimum absolute atomic E-state index is 0.0326. The fourth-order valence-electron chi connectivity index (χ4n) is 1.42. The fourth-order valence-corrected chi connectivity index (χ4v) is 1.42. The molecule has 0 bridgehead atoms. The smallest absolute Gasteiger partial charge is 0.332 e. The first-order valence-corrected chi connectivity index (χ1v) is 6.14. The molecule has 0 spiro atoms. The standard InChI is InChI=1S/C12H21N5O2/c1-7-9(17(18)19)10(16-11(13-6)14-7)15-8(2)12(3,4)5/h8H,1-6H3,(H2,13,14,15,16). The van der Waals surface area contributed by atoms with Crippen molar-refractivity contribution >= 4 is 17.5 Å². The van der Waals surface area contributed by atoms with Crippen LogP contribution >= 0.6 is 0 Å². The molecule has 0 aliphatic rings. The monoisotopic (exact) mass is 267 g/mol. The maximum Gasteiger partial charge on any atom is 0.332 e. The number of hydrogen-bond donors (Lipinski definition) is 2. The molecule has 0 saturated heterocycles. The molecule has 0 aliphatic carbocycles. The largest absolute Gasteiger partial charge is 0.361 e. The van der Waals surface area contributed by atoms with Gasteiger partial charge in [0.25, 0.3) is 0 Å². The summed E-state index contributed by atoms with van der Waals surface area (Å²) in [7, 11) is 1.68. The third-order valence-electron chi connectivity index (χ3n) is 3.12. The fraction of sp³-hybridized carbons (Fsp3) is 0.667. The van der Waals surface area contributed by atoms with Crippen molar-refractivity contribution in [3.05, 3.63) is 15.8 Å². The van der Waals surface area contributed by atoms with E-state index < -0.39 is 4.92 Å². The van der Waals surface area contributed by atoms with E-state index in [-0.39, 0.29) is 23.0 Å². The first kappa shape index (κ1) is 15.1. The summed E-state index contributed by atoms with van der Waals surface area (Å²) in [6, 6.07) is 0.0326.